The van der Waals surface area contributed by atoms with E-state index >= 15 is 0 Å². The maximum Gasteiger partial charge on any atom is 0.181 e. The van der Waals surface area contributed by atoms with Crippen molar-refractivity contribution in [1.82, 2.24) is 0 Å². The van der Waals surface area contributed by atoms with Crippen LogP contribution in [0.1, 0.15) is 18.1 Å². The van der Waals surface area contributed by atoms with Crippen molar-refractivity contribution in [2.45, 2.75) is 6.92 Å². The first-order valence-electron chi connectivity index (χ1n) is 7.91. The Bertz CT molecular complexity index is 874. The Hall–Kier alpha value is -3.08. The number of hydrogen-bond acceptors (Lipinski definition) is 4. The second kappa shape index (κ2) is 9.42. The molecule has 0 unspecified atom stereocenters. The third kappa shape index (κ3) is 4.72. The van der Waals surface area contributed by atoms with E-state index in [-0.39, 0.29) is 6.61 Å². The Morgan fingerprint density at radius 2 is 1.96 bits per heavy atom. The molecule has 0 spiro atoms. The van der Waals surface area contributed by atoms with E-state index in [1.807, 2.05) is 19.1 Å². The fourth-order valence-electron chi connectivity index (χ4n) is 2.31. The van der Waals surface area contributed by atoms with E-state index in [0.29, 0.717) is 28.7 Å². The number of rotatable bonds is 7. The topological polar surface area (TPSA) is 51.5 Å². The van der Waals surface area contributed by atoms with Crippen LogP contribution in [0.5, 0.6) is 17.2 Å². The number of benzene rings is 2. The molecule has 0 aliphatic heterocycles. The molecule has 0 aromatic heterocycles. The normalized spacial score (nSPS) is 10.6. The monoisotopic (exact) mass is 367 g/mol. The molecule has 0 radical (unpaired) electrons. The minimum Gasteiger partial charge on any atom is -0.497 e. The van der Waals surface area contributed by atoms with Gasteiger partial charge in [0.15, 0.2) is 11.5 Å². The molecule has 2 aromatic carbocycles. The van der Waals surface area contributed by atoms with Crippen molar-refractivity contribution >= 4 is 23.3 Å². The van der Waals surface area contributed by atoms with Gasteiger partial charge in [-0.25, -0.2) is 0 Å². The minimum atomic E-state index is 0.0876. The van der Waals surface area contributed by atoms with Crippen molar-refractivity contribution in [1.29, 1.82) is 5.26 Å². The molecule has 4 nitrogen and oxygen atoms in total. The average Bonchev–Trinajstić information content (AvgIpc) is 2.66. The van der Waals surface area contributed by atoms with Crippen LogP contribution in [0.15, 0.2) is 36.4 Å². The highest BCUT2D eigenvalue weighted by atomic mass is 35.5. The molecule has 0 saturated heterocycles. The van der Waals surface area contributed by atoms with Gasteiger partial charge >= 0.3 is 0 Å². The first kappa shape index (κ1) is 19.2. The summed E-state index contributed by atoms with van der Waals surface area (Å²) in [5.74, 6) is 4.00. The predicted molar refractivity (Wildman–Crippen MR) is 103 cm³/mol. The molecular formula is C21H18ClNO3. The Kier molecular flexibility index (Phi) is 6.97. The van der Waals surface area contributed by atoms with Gasteiger partial charge in [0.1, 0.15) is 12.4 Å². The molecule has 132 valence electrons. The maximum atomic E-state index is 9.52. The number of hydrogen-bond donors (Lipinski definition) is 0. The van der Waals surface area contributed by atoms with Crippen LogP contribution < -0.4 is 14.2 Å². The molecule has 0 amide bonds. The Labute approximate surface area is 158 Å². The molecule has 2 aromatic rings. The lowest BCUT2D eigenvalue weighted by molar-refractivity contribution is 0.299. The van der Waals surface area contributed by atoms with Crippen molar-refractivity contribution in [2.75, 3.05) is 20.3 Å². The summed E-state index contributed by atoms with van der Waals surface area (Å²) in [6.07, 6.45) is 6.97. The SMILES string of the molecule is C#CCOc1c(Cl)cc(/C=C(\C#N)c2ccc(OC)cc2)cc1OCC. The van der Waals surface area contributed by atoms with E-state index in [2.05, 4.69) is 12.0 Å². The molecule has 0 heterocycles. The van der Waals surface area contributed by atoms with E-state index in [0.717, 1.165) is 16.9 Å². The lowest BCUT2D eigenvalue weighted by Gasteiger charge is -2.13. The van der Waals surface area contributed by atoms with Gasteiger partial charge in [0.25, 0.3) is 0 Å². The standard InChI is InChI=1S/C21H18ClNO3/c1-4-10-26-21-19(22)12-15(13-20(21)25-5-2)11-17(14-23)16-6-8-18(24-3)9-7-16/h1,6-9,11-13H,5,10H2,2-3H3/b17-11+. The molecule has 0 N–H and O–H groups in total. The number of ether oxygens (including phenoxy) is 3. The summed E-state index contributed by atoms with van der Waals surface area (Å²) in [7, 11) is 1.59. The van der Waals surface area contributed by atoms with Crippen molar-refractivity contribution in [2.24, 2.45) is 0 Å². The predicted octanol–water partition coefficient (Wildman–Crippen LogP) is 4.82. The summed E-state index contributed by atoms with van der Waals surface area (Å²) in [5, 5.41) is 9.88. The zero-order valence-electron chi connectivity index (χ0n) is 14.6. The van der Waals surface area contributed by atoms with Gasteiger partial charge in [0.2, 0.25) is 0 Å². The van der Waals surface area contributed by atoms with E-state index in [1.165, 1.54) is 0 Å². The van der Waals surface area contributed by atoms with Gasteiger partial charge in [-0.3, -0.25) is 0 Å². The molecule has 0 fully saturated rings. The Morgan fingerprint density at radius 3 is 2.54 bits per heavy atom. The number of halogens is 1. The van der Waals surface area contributed by atoms with Crippen LogP contribution >= 0.6 is 11.6 Å². The number of methoxy groups -OCH3 is 1. The summed E-state index contributed by atoms with van der Waals surface area (Å²) in [6.45, 7) is 2.39. The molecule has 0 saturated carbocycles. The molecule has 0 atom stereocenters. The lowest BCUT2D eigenvalue weighted by Crippen LogP contribution is -2.00. The maximum absolute atomic E-state index is 9.52. The Balaban J connectivity index is 2.43. The second-order valence-electron chi connectivity index (χ2n) is 5.15. The van der Waals surface area contributed by atoms with Gasteiger partial charge < -0.3 is 14.2 Å². The van der Waals surface area contributed by atoms with E-state index in [4.69, 9.17) is 32.2 Å². The number of nitrogens with zero attached hydrogens (tertiary/aromatic N) is 1. The molecule has 26 heavy (non-hydrogen) atoms. The van der Waals surface area contributed by atoms with Crippen LogP contribution in [0.25, 0.3) is 11.6 Å². The summed E-state index contributed by atoms with van der Waals surface area (Å²) >= 11 is 6.32. The van der Waals surface area contributed by atoms with Crippen LogP contribution in [-0.2, 0) is 0 Å². The quantitative estimate of drug-likeness (QED) is 0.400. The van der Waals surface area contributed by atoms with Crippen molar-refractivity contribution < 1.29 is 14.2 Å². The van der Waals surface area contributed by atoms with Gasteiger partial charge in [-0.1, -0.05) is 17.5 Å². The van der Waals surface area contributed by atoms with Gasteiger partial charge in [0, 0.05) is 0 Å². The molecule has 0 bridgehead atoms. The molecular weight excluding hydrogens is 350 g/mol. The van der Waals surface area contributed by atoms with Gasteiger partial charge in [-0.2, -0.15) is 5.26 Å². The zero-order chi connectivity index (χ0) is 18.9. The van der Waals surface area contributed by atoms with Crippen LogP contribution in [0.2, 0.25) is 5.02 Å². The van der Waals surface area contributed by atoms with E-state index in [9.17, 15) is 5.26 Å². The Morgan fingerprint density at radius 1 is 1.23 bits per heavy atom. The molecule has 5 heteroatoms. The fourth-order valence-corrected chi connectivity index (χ4v) is 2.58. The van der Waals surface area contributed by atoms with Crippen LogP contribution in [0.3, 0.4) is 0 Å². The first-order valence-corrected chi connectivity index (χ1v) is 8.29. The molecule has 0 aliphatic rings. The fraction of sp³-hybridized carbons (Fsp3) is 0.190. The second-order valence-corrected chi connectivity index (χ2v) is 5.56. The molecule has 0 aliphatic carbocycles. The lowest BCUT2D eigenvalue weighted by atomic mass is 10.0. The summed E-state index contributed by atoms with van der Waals surface area (Å²) in [4.78, 5) is 0. The zero-order valence-corrected chi connectivity index (χ0v) is 15.3. The van der Waals surface area contributed by atoms with Crippen molar-refractivity contribution in [3.63, 3.8) is 0 Å². The van der Waals surface area contributed by atoms with Crippen LogP contribution in [-0.4, -0.2) is 20.3 Å². The van der Waals surface area contributed by atoms with E-state index in [1.54, 1.807) is 37.5 Å². The highest BCUT2D eigenvalue weighted by Crippen LogP contribution is 2.37. The highest BCUT2D eigenvalue weighted by Gasteiger charge is 2.12. The summed E-state index contributed by atoms with van der Waals surface area (Å²) in [5.41, 5.74) is 1.98. The third-order valence-electron chi connectivity index (χ3n) is 3.46. The third-order valence-corrected chi connectivity index (χ3v) is 3.74. The summed E-state index contributed by atoms with van der Waals surface area (Å²) < 4.78 is 16.2. The summed E-state index contributed by atoms with van der Waals surface area (Å²) in [6, 6.07) is 12.9. The average molecular weight is 368 g/mol. The number of nitriles is 1. The van der Waals surface area contributed by atoms with Crippen LogP contribution in [0.4, 0.5) is 0 Å². The van der Waals surface area contributed by atoms with Gasteiger partial charge in [-0.05, 0) is 60.5 Å². The van der Waals surface area contributed by atoms with Crippen molar-refractivity contribution in [3.05, 3.63) is 52.5 Å². The van der Waals surface area contributed by atoms with Crippen LogP contribution in [0, 0.1) is 23.7 Å². The van der Waals surface area contributed by atoms with Crippen molar-refractivity contribution in [3.8, 4) is 35.7 Å². The smallest absolute Gasteiger partial charge is 0.181 e. The van der Waals surface area contributed by atoms with Gasteiger partial charge in [-0.15, -0.1) is 6.42 Å². The van der Waals surface area contributed by atoms with E-state index < -0.39 is 0 Å². The molecule has 2 rings (SSSR count). The highest BCUT2D eigenvalue weighted by molar-refractivity contribution is 6.32. The largest absolute Gasteiger partial charge is 0.497 e. The number of terminal acetylenes is 1. The number of allylic oxidation sites excluding steroid dienone is 1. The van der Waals surface area contributed by atoms with Gasteiger partial charge in [0.05, 0.1) is 30.4 Å². The first-order chi connectivity index (χ1) is 12.6. The minimum absolute atomic E-state index is 0.0876.